The number of nitrogens with one attached hydrogen (secondary N) is 1. The van der Waals surface area contributed by atoms with E-state index in [0.717, 1.165) is 12.8 Å². The minimum atomic E-state index is -3.50. The molecule has 1 fully saturated rings. The first-order valence-electron chi connectivity index (χ1n) is 10.7. The van der Waals surface area contributed by atoms with E-state index in [1.54, 1.807) is 18.2 Å². The van der Waals surface area contributed by atoms with Gasteiger partial charge in [-0.05, 0) is 44.7 Å². The van der Waals surface area contributed by atoms with Gasteiger partial charge >= 0.3 is 0 Å². The zero-order valence-electron chi connectivity index (χ0n) is 18.5. The Labute approximate surface area is 188 Å². The third-order valence-electron chi connectivity index (χ3n) is 5.55. The predicted octanol–water partition coefficient (Wildman–Crippen LogP) is 3.00. The third-order valence-corrected chi connectivity index (χ3v) is 8.41. The fraction of sp³-hybridized carbons (Fsp3) is 0.571. The van der Waals surface area contributed by atoms with Crippen LogP contribution < -0.4 is 5.32 Å². The second kappa shape index (κ2) is 10.1. The first-order valence-corrected chi connectivity index (χ1v) is 13.1. The topological polar surface area (TPSA) is 97.2 Å². The van der Waals surface area contributed by atoms with Gasteiger partial charge < -0.3 is 9.88 Å². The number of hydrogen-bond donors (Lipinski definition) is 1. The molecule has 1 aliphatic heterocycles. The lowest BCUT2D eigenvalue weighted by Crippen LogP contribution is -2.37. The molecule has 8 nitrogen and oxygen atoms in total. The van der Waals surface area contributed by atoms with Crippen LogP contribution in [0.15, 0.2) is 34.3 Å². The van der Waals surface area contributed by atoms with Crippen molar-refractivity contribution in [3.8, 4) is 11.4 Å². The number of carbonyl (C=O) groups is 1. The number of thioether (sulfide) groups is 1. The molecule has 3 rings (SSSR count). The van der Waals surface area contributed by atoms with Crippen molar-refractivity contribution < 1.29 is 13.2 Å². The third kappa shape index (κ3) is 5.48. The Hall–Kier alpha value is -1.91. The van der Waals surface area contributed by atoms with Crippen LogP contribution in [0.3, 0.4) is 0 Å². The molecule has 0 saturated carbocycles. The lowest BCUT2D eigenvalue weighted by atomic mass is 10.1. The average Bonchev–Trinajstić information content (AvgIpc) is 3.42. The first-order chi connectivity index (χ1) is 14.7. The van der Waals surface area contributed by atoms with Crippen LogP contribution in [0.1, 0.15) is 40.5 Å². The number of nitrogens with zero attached hydrogens (tertiary/aromatic N) is 4. The number of hydrogen-bond acceptors (Lipinski definition) is 6. The van der Waals surface area contributed by atoms with Crippen LogP contribution in [0.25, 0.3) is 11.4 Å². The van der Waals surface area contributed by atoms with Crippen molar-refractivity contribution in [2.75, 3.05) is 18.8 Å². The number of aromatic nitrogens is 3. The Kier molecular flexibility index (Phi) is 7.77. The van der Waals surface area contributed by atoms with E-state index in [1.165, 1.54) is 16.1 Å². The number of sulfonamides is 1. The molecule has 1 aliphatic rings. The van der Waals surface area contributed by atoms with Crippen LogP contribution in [0.5, 0.6) is 0 Å². The van der Waals surface area contributed by atoms with E-state index >= 15 is 0 Å². The van der Waals surface area contributed by atoms with E-state index in [2.05, 4.69) is 29.4 Å². The smallest absolute Gasteiger partial charge is 0.243 e. The summed E-state index contributed by atoms with van der Waals surface area (Å²) in [4.78, 5) is 12.5. The zero-order chi connectivity index (χ0) is 22.6. The standard InChI is InChI=1S/C21H31N5O3S2/c1-5-26-20(23-24-21(26)30-14-19(27)22-16(4)15(2)3)17-9-8-10-18(13-17)31(28,29)25-11-6-7-12-25/h8-10,13,15-16H,5-7,11-12,14H2,1-4H3,(H,22,27). The van der Waals surface area contributed by atoms with Gasteiger partial charge in [0.2, 0.25) is 15.9 Å². The largest absolute Gasteiger partial charge is 0.353 e. The van der Waals surface area contributed by atoms with E-state index in [4.69, 9.17) is 0 Å². The van der Waals surface area contributed by atoms with E-state index in [1.807, 2.05) is 24.5 Å². The predicted molar refractivity (Wildman–Crippen MR) is 122 cm³/mol. The second-order valence-electron chi connectivity index (χ2n) is 8.08. The molecule has 0 aliphatic carbocycles. The highest BCUT2D eigenvalue weighted by atomic mass is 32.2. The van der Waals surface area contributed by atoms with Gasteiger partial charge in [0.25, 0.3) is 0 Å². The van der Waals surface area contributed by atoms with Gasteiger partial charge in [0.15, 0.2) is 11.0 Å². The number of amides is 1. The Balaban J connectivity index is 1.78. The number of benzene rings is 1. The average molecular weight is 466 g/mol. The minimum Gasteiger partial charge on any atom is -0.353 e. The quantitative estimate of drug-likeness (QED) is 0.572. The Morgan fingerprint density at radius 2 is 1.90 bits per heavy atom. The summed E-state index contributed by atoms with van der Waals surface area (Å²) in [6, 6.07) is 6.97. The molecular weight excluding hydrogens is 434 g/mol. The summed E-state index contributed by atoms with van der Waals surface area (Å²) in [7, 11) is -3.50. The van der Waals surface area contributed by atoms with E-state index in [-0.39, 0.29) is 22.6 Å². The summed E-state index contributed by atoms with van der Waals surface area (Å²) in [5, 5.41) is 12.2. The number of carbonyl (C=O) groups excluding carboxylic acids is 1. The van der Waals surface area contributed by atoms with Crippen molar-refractivity contribution in [2.24, 2.45) is 5.92 Å². The highest BCUT2D eigenvalue weighted by molar-refractivity contribution is 7.99. The molecule has 1 aromatic heterocycles. The molecule has 10 heteroatoms. The van der Waals surface area contributed by atoms with Crippen LogP contribution in [0.4, 0.5) is 0 Å². The van der Waals surface area contributed by atoms with Crippen molar-refractivity contribution in [2.45, 2.75) is 63.2 Å². The molecule has 1 N–H and O–H groups in total. The van der Waals surface area contributed by atoms with Crippen molar-refractivity contribution >= 4 is 27.7 Å². The van der Waals surface area contributed by atoms with Crippen LogP contribution >= 0.6 is 11.8 Å². The van der Waals surface area contributed by atoms with E-state index < -0.39 is 10.0 Å². The molecule has 31 heavy (non-hydrogen) atoms. The van der Waals surface area contributed by atoms with Crippen LogP contribution in [-0.4, -0.2) is 58.3 Å². The summed E-state index contributed by atoms with van der Waals surface area (Å²) in [6.45, 7) is 9.84. The fourth-order valence-corrected chi connectivity index (χ4v) is 5.74. The maximum absolute atomic E-state index is 12.9. The molecule has 1 unspecified atom stereocenters. The SMILES string of the molecule is CCn1c(SCC(=O)NC(C)C(C)C)nnc1-c1cccc(S(=O)(=O)N2CCCC2)c1. The summed E-state index contributed by atoms with van der Waals surface area (Å²) >= 11 is 1.33. The fourth-order valence-electron chi connectivity index (χ4n) is 3.36. The van der Waals surface area contributed by atoms with Gasteiger partial charge in [-0.2, -0.15) is 4.31 Å². The molecule has 2 heterocycles. The molecule has 170 valence electrons. The molecular formula is C21H31N5O3S2. The summed E-state index contributed by atoms with van der Waals surface area (Å²) in [5.74, 6) is 1.17. The molecule has 1 atom stereocenters. The van der Waals surface area contributed by atoms with Crippen LogP contribution in [0, 0.1) is 5.92 Å². The molecule has 1 amide bonds. The van der Waals surface area contributed by atoms with Gasteiger partial charge in [-0.25, -0.2) is 8.42 Å². The van der Waals surface area contributed by atoms with Crippen molar-refractivity contribution in [1.29, 1.82) is 0 Å². The van der Waals surface area contributed by atoms with Crippen LogP contribution in [-0.2, 0) is 21.4 Å². The van der Waals surface area contributed by atoms with Gasteiger partial charge in [0, 0.05) is 31.2 Å². The molecule has 1 saturated heterocycles. The summed E-state index contributed by atoms with van der Waals surface area (Å²) in [6.07, 6.45) is 1.79. The summed E-state index contributed by atoms with van der Waals surface area (Å²) < 4.78 is 29.3. The number of rotatable bonds is 9. The van der Waals surface area contributed by atoms with Gasteiger partial charge in [-0.3, -0.25) is 4.79 Å². The van der Waals surface area contributed by atoms with Gasteiger partial charge in [-0.1, -0.05) is 37.7 Å². The Morgan fingerprint density at radius 1 is 1.19 bits per heavy atom. The Morgan fingerprint density at radius 3 is 2.55 bits per heavy atom. The monoisotopic (exact) mass is 465 g/mol. The van der Waals surface area contributed by atoms with Crippen molar-refractivity contribution in [3.63, 3.8) is 0 Å². The molecule has 0 radical (unpaired) electrons. The van der Waals surface area contributed by atoms with Crippen LogP contribution in [0.2, 0.25) is 0 Å². The van der Waals surface area contributed by atoms with E-state index in [9.17, 15) is 13.2 Å². The lowest BCUT2D eigenvalue weighted by molar-refractivity contribution is -0.119. The highest BCUT2D eigenvalue weighted by Gasteiger charge is 2.27. The van der Waals surface area contributed by atoms with Gasteiger partial charge in [-0.15, -0.1) is 10.2 Å². The minimum absolute atomic E-state index is 0.0443. The van der Waals surface area contributed by atoms with E-state index in [0.29, 0.717) is 42.1 Å². The first kappa shape index (κ1) is 23.7. The normalized spacial score (nSPS) is 16.0. The lowest BCUT2D eigenvalue weighted by Gasteiger charge is -2.17. The second-order valence-corrected chi connectivity index (χ2v) is 11.0. The van der Waals surface area contributed by atoms with Gasteiger partial charge in [0.1, 0.15) is 0 Å². The summed E-state index contributed by atoms with van der Waals surface area (Å²) in [5.41, 5.74) is 0.694. The molecule has 2 aromatic rings. The molecule has 1 aromatic carbocycles. The maximum atomic E-state index is 12.9. The highest BCUT2D eigenvalue weighted by Crippen LogP contribution is 2.28. The van der Waals surface area contributed by atoms with Crippen molar-refractivity contribution in [3.05, 3.63) is 24.3 Å². The molecule has 0 spiro atoms. The molecule has 0 bridgehead atoms. The zero-order valence-corrected chi connectivity index (χ0v) is 20.2. The Bertz CT molecular complexity index is 1010. The van der Waals surface area contributed by atoms with Gasteiger partial charge in [0.05, 0.1) is 10.6 Å². The maximum Gasteiger partial charge on any atom is 0.243 e. The van der Waals surface area contributed by atoms with Crippen molar-refractivity contribution in [1.82, 2.24) is 24.4 Å².